The van der Waals surface area contributed by atoms with E-state index in [2.05, 4.69) is 20.7 Å². The molecule has 190 valence electrons. The molecule has 2 amide bonds. The first-order valence-corrected chi connectivity index (χ1v) is 12.3. The van der Waals surface area contributed by atoms with Gasteiger partial charge in [0, 0.05) is 18.1 Å². The second-order valence-corrected chi connectivity index (χ2v) is 9.33. The summed E-state index contributed by atoms with van der Waals surface area (Å²) in [5.41, 5.74) is 1.53. The van der Waals surface area contributed by atoms with Gasteiger partial charge in [-0.3, -0.25) is 19.7 Å². The van der Waals surface area contributed by atoms with Crippen LogP contribution in [0.4, 0.5) is 0 Å². The molecule has 11 heteroatoms. The minimum atomic E-state index is -0.574. The van der Waals surface area contributed by atoms with Crippen molar-refractivity contribution < 1.29 is 19.1 Å². The molecule has 10 nitrogen and oxygen atoms in total. The zero-order valence-corrected chi connectivity index (χ0v) is 21.1. The Bertz CT molecular complexity index is 1010. The van der Waals surface area contributed by atoms with Crippen LogP contribution in [0.2, 0.25) is 5.02 Å². The summed E-state index contributed by atoms with van der Waals surface area (Å²) in [5.74, 6) is -0.582. The maximum Gasteiger partial charge on any atom is 0.319 e. The van der Waals surface area contributed by atoms with Crippen molar-refractivity contribution >= 4 is 29.4 Å². The Labute approximate surface area is 210 Å². The Morgan fingerprint density at radius 3 is 2.77 bits per heavy atom. The van der Waals surface area contributed by atoms with Crippen molar-refractivity contribution in [3.8, 4) is 5.69 Å². The molecule has 1 aliphatic rings. The molecule has 0 spiro atoms. The zero-order chi connectivity index (χ0) is 25.4. The van der Waals surface area contributed by atoms with Crippen molar-refractivity contribution in [3.63, 3.8) is 0 Å². The number of likely N-dealkylation sites (tertiary alicyclic amines) is 1. The quantitative estimate of drug-likeness (QED) is 0.450. The lowest BCUT2D eigenvalue weighted by molar-refractivity contribution is -0.143. The van der Waals surface area contributed by atoms with Crippen molar-refractivity contribution in [2.24, 2.45) is 5.92 Å². The largest absolute Gasteiger partial charge is 0.465 e. The van der Waals surface area contributed by atoms with Gasteiger partial charge < -0.3 is 15.0 Å². The lowest BCUT2D eigenvalue weighted by atomic mass is 10.0. The van der Waals surface area contributed by atoms with Crippen molar-refractivity contribution in [1.29, 1.82) is 0 Å². The van der Waals surface area contributed by atoms with Crippen molar-refractivity contribution in [3.05, 3.63) is 41.4 Å². The number of ether oxygens (including phenoxy) is 1. The van der Waals surface area contributed by atoms with E-state index in [9.17, 15) is 14.4 Å². The summed E-state index contributed by atoms with van der Waals surface area (Å²) < 4.78 is 6.58. The molecule has 2 heterocycles. The SMILES string of the molecule is CCOC(=O)CN[C@H](CC(C)C)C(=O)N1CCC[C@H]1C(=O)NCc1cc(Cl)ccc1-n1cncn1. The molecule has 0 bridgehead atoms. The standard InChI is InChI=1S/C24H33ClN6O4/c1-4-35-22(32)13-27-19(10-16(2)3)24(34)30-9-5-6-21(30)23(33)28-12-17-11-18(25)7-8-20(17)31-15-26-14-29-31/h7-8,11,14-16,19,21,27H,4-6,9-10,12-13H2,1-3H3,(H,28,33)/t19-,21+/m1/s1. The van der Waals surface area contributed by atoms with Gasteiger partial charge in [-0.1, -0.05) is 25.4 Å². The topological polar surface area (TPSA) is 118 Å². The molecule has 3 rings (SSSR count). The lowest BCUT2D eigenvalue weighted by Crippen LogP contribution is -2.53. The van der Waals surface area contributed by atoms with E-state index in [1.165, 1.54) is 6.33 Å². The second-order valence-electron chi connectivity index (χ2n) is 8.89. The smallest absolute Gasteiger partial charge is 0.319 e. The summed E-state index contributed by atoms with van der Waals surface area (Å²) in [6.07, 6.45) is 4.87. The Hall–Kier alpha value is -2.98. The maximum atomic E-state index is 13.4. The monoisotopic (exact) mass is 504 g/mol. The van der Waals surface area contributed by atoms with Gasteiger partial charge in [0.25, 0.3) is 0 Å². The average molecular weight is 505 g/mol. The van der Waals surface area contributed by atoms with E-state index < -0.39 is 18.1 Å². The molecule has 1 aliphatic heterocycles. The number of nitrogens with one attached hydrogen (secondary N) is 2. The summed E-state index contributed by atoms with van der Waals surface area (Å²) in [7, 11) is 0. The minimum absolute atomic E-state index is 0.0541. The van der Waals surface area contributed by atoms with Gasteiger partial charge >= 0.3 is 5.97 Å². The fourth-order valence-corrected chi connectivity index (χ4v) is 4.41. The number of carbonyl (C=O) groups excluding carboxylic acids is 3. The molecule has 2 atom stereocenters. The number of hydrogen-bond acceptors (Lipinski definition) is 7. The first-order valence-electron chi connectivity index (χ1n) is 11.9. The van der Waals surface area contributed by atoms with Crippen molar-refractivity contribution in [1.82, 2.24) is 30.3 Å². The Kier molecular flexibility index (Phi) is 9.62. The molecule has 1 saturated heterocycles. The van der Waals surface area contributed by atoms with Crippen LogP contribution in [0, 0.1) is 5.92 Å². The number of benzene rings is 1. The van der Waals surface area contributed by atoms with Crippen LogP contribution in [0.5, 0.6) is 0 Å². The fourth-order valence-electron chi connectivity index (χ4n) is 4.22. The zero-order valence-electron chi connectivity index (χ0n) is 20.4. The highest BCUT2D eigenvalue weighted by Gasteiger charge is 2.37. The highest BCUT2D eigenvalue weighted by atomic mass is 35.5. The predicted octanol–water partition coefficient (Wildman–Crippen LogP) is 2.10. The van der Waals surface area contributed by atoms with E-state index in [4.69, 9.17) is 16.3 Å². The number of rotatable bonds is 11. The highest BCUT2D eigenvalue weighted by Crippen LogP contribution is 2.22. The van der Waals surface area contributed by atoms with Crippen molar-refractivity contribution in [2.75, 3.05) is 19.7 Å². The van der Waals surface area contributed by atoms with E-state index in [-0.39, 0.29) is 37.4 Å². The maximum absolute atomic E-state index is 13.4. The Balaban J connectivity index is 1.67. The van der Waals surface area contributed by atoms with Gasteiger partial charge in [-0.05, 0) is 55.9 Å². The van der Waals surface area contributed by atoms with Gasteiger partial charge in [0.1, 0.15) is 18.7 Å². The van der Waals surface area contributed by atoms with Gasteiger partial charge in [-0.25, -0.2) is 9.67 Å². The average Bonchev–Trinajstić information content (AvgIpc) is 3.52. The summed E-state index contributed by atoms with van der Waals surface area (Å²) in [6, 6.07) is 4.19. The van der Waals surface area contributed by atoms with E-state index in [1.807, 2.05) is 19.9 Å². The summed E-state index contributed by atoms with van der Waals surface area (Å²) in [5, 5.41) is 10.7. The summed E-state index contributed by atoms with van der Waals surface area (Å²) >= 11 is 6.18. The number of carbonyl (C=O) groups is 3. The third-order valence-corrected chi connectivity index (χ3v) is 6.04. The lowest BCUT2D eigenvalue weighted by Gasteiger charge is -2.29. The molecule has 35 heavy (non-hydrogen) atoms. The minimum Gasteiger partial charge on any atom is -0.465 e. The molecular formula is C24H33ClN6O4. The predicted molar refractivity (Wildman–Crippen MR) is 131 cm³/mol. The molecule has 1 fully saturated rings. The summed E-state index contributed by atoms with van der Waals surface area (Å²) in [6.45, 7) is 6.71. The van der Waals surface area contributed by atoms with E-state index in [1.54, 1.807) is 35.0 Å². The number of hydrogen-bond donors (Lipinski definition) is 2. The number of aromatic nitrogens is 3. The Morgan fingerprint density at radius 2 is 2.09 bits per heavy atom. The fraction of sp³-hybridized carbons (Fsp3) is 0.542. The van der Waals surface area contributed by atoms with Gasteiger partial charge in [0.05, 0.1) is 24.9 Å². The molecule has 1 aromatic heterocycles. The third kappa shape index (κ3) is 7.25. The van der Waals surface area contributed by atoms with Crippen LogP contribution >= 0.6 is 11.6 Å². The molecule has 2 aromatic rings. The van der Waals surface area contributed by atoms with Crippen LogP contribution < -0.4 is 10.6 Å². The second kappa shape index (κ2) is 12.6. The van der Waals surface area contributed by atoms with Crippen LogP contribution in [0.1, 0.15) is 45.6 Å². The van der Waals surface area contributed by atoms with Gasteiger partial charge in [0.2, 0.25) is 11.8 Å². The van der Waals surface area contributed by atoms with Crippen LogP contribution in [0.25, 0.3) is 5.69 Å². The van der Waals surface area contributed by atoms with Gasteiger partial charge in [-0.2, -0.15) is 5.10 Å². The molecule has 0 saturated carbocycles. The van der Waals surface area contributed by atoms with E-state index in [0.717, 1.165) is 17.7 Å². The highest BCUT2D eigenvalue weighted by molar-refractivity contribution is 6.30. The summed E-state index contributed by atoms with van der Waals surface area (Å²) in [4.78, 5) is 43.9. The van der Waals surface area contributed by atoms with Crippen molar-refractivity contribution in [2.45, 2.75) is 58.7 Å². The third-order valence-electron chi connectivity index (χ3n) is 5.80. The molecule has 1 aromatic carbocycles. The van der Waals surface area contributed by atoms with E-state index in [0.29, 0.717) is 24.4 Å². The molecule has 2 N–H and O–H groups in total. The number of nitrogens with zero attached hydrogens (tertiary/aromatic N) is 4. The molecule has 0 aliphatic carbocycles. The normalized spacial score (nSPS) is 16.4. The number of amides is 2. The van der Waals surface area contributed by atoms with E-state index >= 15 is 0 Å². The van der Waals surface area contributed by atoms with Gasteiger partial charge in [-0.15, -0.1) is 0 Å². The van der Waals surface area contributed by atoms with Crippen LogP contribution in [0.3, 0.4) is 0 Å². The molecule has 0 unspecified atom stereocenters. The van der Waals surface area contributed by atoms with Gasteiger partial charge in [0.15, 0.2) is 0 Å². The van der Waals surface area contributed by atoms with Crippen LogP contribution in [0.15, 0.2) is 30.9 Å². The van der Waals surface area contributed by atoms with Crippen LogP contribution in [-0.4, -0.2) is 69.2 Å². The Morgan fingerprint density at radius 1 is 1.29 bits per heavy atom. The molecular weight excluding hydrogens is 472 g/mol. The number of halogens is 1. The number of esters is 1. The molecule has 0 radical (unpaired) electrons. The van der Waals surface area contributed by atoms with Crippen LogP contribution in [-0.2, 0) is 25.7 Å². The first-order chi connectivity index (χ1) is 16.8. The first kappa shape index (κ1) is 26.6.